The third-order valence-corrected chi connectivity index (χ3v) is 8.73. The molecule has 0 bridgehead atoms. The first kappa shape index (κ1) is 27.8. The van der Waals surface area contributed by atoms with Crippen LogP contribution in [0.4, 0.5) is 5.82 Å². The Balaban J connectivity index is 2.14. The van der Waals surface area contributed by atoms with Crippen LogP contribution in [-0.2, 0) is 30.8 Å². The molecule has 0 radical (unpaired) electrons. The van der Waals surface area contributed by atoms with Crippen molar-refractivity contribution >= 4 is 33.1 Å². The third-order valence-electron chi connectivity index (χ3n) is 5.46. The second-order valence-electron chi connectivity index (χ2n) is 7.94. The zero-order valence-electron chi connectivity index (χ0n) is 20.9. The minimum Gasteiger partial charge on any atom is -0.478 e. The maximum absolute atomic E-state index is 14.1. The number of nitrogens with zero attached hydrogens (tertiary/aromatic N) is 2. The molecule has 0 fully saturated rings. The molecule has 0 aliphatic heterocycles. The number of carboxylic acids is 1. The van der Waals surface area contributed by atoms with Gasteiger partial charge in [-0.15, -0.1) is 11.3 Å². The summed E-state index contributed by atoms with van der Waals surface area (Å²) in [5.41, 5.74) is 2.26. The molecule has 0 saturated heterocycles. The second-order valence-corrected chi connectivity index (χ2v) is 11.3. The third kappa shape index (κ3) is 5.95. The summed E-state index contributed by atoms with van der Waals surface area (Å²) in [6.07, 6.45) is 0. The van der Waals surface area contributed by atoms with E-state index in [0.717, 1.165) is 20.5 Å². The number of hydrogen-bond acceptors (Lipinski definition) is 9. The van der Waals surface area contributed by atoms with Crippen LogP contribution in [0.15, 0.2) is 33.0 Å². The average molecular weight is 539 g/mol. The molecule has 0 spiro atoms. The van der Waals surface area contributed by atoms with Crippen LogP contribution in [0.25, 0.3) is 11.1 Å². The molecule has 3 aromatic rings. The fourth-order valence-electron chi connectivity index (χ4n) is 3.47. The van der Waals surface area contributed by atoms with Gasteiger partial charge >= 0.3 is 5.97 Å². The number of ether oxygens (including phenoxy) is 3. The van der Waals surface area contributed by atoms with Crippen LogP contribution < -0.4 is 4.31 Å². The first-order chi connectivity index (χ1) is 17.1. The van der Waals surface area contributed by atoms with Crippen LogP contribution >= 0.6 is 11.3 Å². The number of sulfonamides is 1. The summed E-state index contributed by atoms with van der Waals surface area (Å²) < 4.78 is 50.7. The maximum atomic E-state index is 14.1. The zero-order chi connectivity index (χ0) is 26.5. The van der Waals surface area contributed by atoms with Crippen molar-refractivity contribution in [2.75, 3.05) is 38.0 Å². The molecule has 0 amide bonds. The van der Waals surface area contributed by atoms with E-state index in [1.54, 1.807) is 26.0 Å². The number of carbonyl (C=O) groups is 1. The fraction of sp³-hybridized carbons (Fsp3) is 0.417. The van der Waals surface area contributed by atoms with Crippen molar-refractivity contribution in [1.82, 2.24) is 5.16 Å². The standard InChI is InChI=1S/C24H30N2O8S2/c1-6-32-13-19-12-18(23(27)28)7-8-20(19)21-11-15(2)35-24(21)36(29,30)26(14-33-10-9-31-5)22-16(3)17(4)34-25-22/h7-8,11-12H,6,9-10,13-14H2,1-5H3,(H,27,28). The number of benzene rings is 1. The summed E-state index contributed by atoms with van der Waals surface area (Å²) in [6.45, 7) is 7.81. The van der Waals surface area contributed by atoms with E-state index in [1.807, 2.05) is 13.8 Å². The number of aromatic carboxylic acids is 1. The fourth-order valence-corrected chi connectivity index (χ4v) is 6.56. The summed E-state index contributed by atoms with van der Waals surface area (Å²) in [5.74, 6) is -0.449. The summed E-state index contributed by atoms with van der Waals surface area (Å²) >= 11 is 1.11. The quantitative estimate of drug-likeness (QED) is 0.249. The number of aromatic nitrogens is 1. The Morgan fingerprint density at radius 3 is 2.50 bits per heavy atom. The van der Waals surface area contributed by atoms with Crippen molar-refractivity contribution < 1.29 is 37.1 Å². The van der Waals surface area contributed by atoms with Gasteiger partial charge in [0.15, 0.2) is 5.82 Å². The lowest BCUT2D eigenvalue weighted by molar-refractivity contribution is 0.0696. The predicted molar refractivity (Wildman–Crippen MR) is 135 cm³/mol. The number of methoxy groups -OCH3 is 1. The molecule has 36 heavy (non-hydrogen) atoms. The van der Waals surface area contributed by atoms with Gasteiger partial charge in [-0.05, 0) is 57.0 Å². The number of hydrogen-bond donors (Lipinski definition) is 1. The highest BCUT2D eigenvalue weighted by Gasteiger charge is 2.34. The van der Waals surface area contributed by atoms with E-state index < -0.39 is 16.0 Å². The minimum atomic E-state index is -4.17. The first-order valence-electron chi connectivity index (χ1n) is 11.2. The molecular weight excluding hydrogens is 508 g/mol. The monoisotopic (exact) mass is 538 g/mol. The molecule has 0 aliphatic rings. The van der Waals surface area contributed by atoms with Gasteiger partial charge in [-0.1, -0.05) is 11.2 Å². The first-order valence-corrected chi connectivity index (χ1v) is 13.4. The van der Waals surface area contributed by atoms with Gasteiger partial charge in [0.2, 0.25) is 0 Å². The Labute approximate surface area is 214 Å². The van der Waals surface area contributed by atoms with E-state index in [0.29, 0.717) is 41.2 Å². The highest BCUT2D eigenvalue weighted by molar-refractivity contribution is 7.95. The SMILES string of the molecule is CCOCc1cc(C(=O)O)ccc1-c1cc(C)sc1S(=O)(=O)N(COCCOC)c1noc(C)c1C. The van der Waals surface area contributed by atoms with Gasteiger partial charge in [-0.3, -0.25) is 0 Å². The summed E-state index contributed by atoms with van der Waals surface area (Å²) in [6, 6.07) is 6.34. The van der Waals surface area contributed by atoms with Crippen LogP contribution in [-0.4, -0.2) is 58.3 Å². The van der Waals surface area contributed by atoms with E-state index in [9.17, 15) is 18.3 Å². The topological polar surface area (TPSA) is 128 Å². The molecular formula is C24H30N2O8S2. The lowest BCUT2D eigenvalue weighted by Gasteiger charge is -2.22. The number of aryl methyl sites for hydroxylation is 2. The number of carboxylic acid groups (broad SMARTS) is 1. The van der Waals surface area contributed by atoms with Crippen molar-refractivity contribution in [3.63, 3.8) is 0 Å². The van der Waals surface area contributed by atoms with Gasteiger partial charge in [0.1, 0.15) is 16.7 Å². The van der Waals surface area contributed by atoms with Crippen LogP contribution in [0.2, 0.25) is 0 Å². The van der Waals surface area contributed by atoms with Crippen molar-refractivity contribution in [2.45, 2.75) is 38.5 Å². The Kier molecular flexibility index (Phi) is 9.25. The number of anilines is 1. The Morgan fingerprint density at radius 2 is 1.89 bits per heavy atom. The molecule has 0 aliphatic carbocycles. The van der Waals surface area contributed by atoms with Crippen LogP contribution in [0.3, 0.4) is 0 Å². The van der Waals surface area contributed by atoms with E-state index in [2.05, 4.69) is 5.16 Å². The Bertz CT molecular complexity index is 1310. The van der Waals surface area contributed by atoms with E-state index in [4.69, 9.17) is 18.7 Å². The average Bonchev–Trinajstić information content (AvgIpc) is 3.39. The maximum Gasteiger partial charge on any atom is 0.335 e. The van der Waals surface area contributed by atoms with Gasteiger partial charge in [-0.2, -0.15) is 0 Å². The second kappa shape index (κ2) is 12.0. The molecule has 12 heteroatoms. The van der Waals surface area contributed by atoms with E-state index in [1.165, 1.54) is 19.2 Å². The normalized spacial score (nSPS) is 11.7. The van der Waals surface area contributed by atoms with Crippen molar-refractivity contribution in [3.05, 3.63) is 51.6 Å². The summed E-state index contributed by atoms with van der Waals surface area (Å²) in [5, 5.41) is 13.4. The lowest BCUT2D eigenvalue weighted by atomic mass is 9.99. The molecule has 196 valence electrons. The molecule has 0 atom stereocenters. The van der Waals surface area contributed by atoms with Gasteiger partial charge in [0.05, 0.1) is 25.4 Å². The van der Waals surface area contributed by atoms with Crippen LogP contribution in [0, 0.1) is 20.8 Å². The van der Waals surface area contributed by atoms with Gasteiger partial charge in [-0.25, -0.2) is 17.5 Å². The Morgan fingerprint density at radius 1 is 1.14 bits per heavy atom. The van der Waals surface area contributed by atoms with E-state index in [-0.39, 0.29) is 35.5 Å². The summed E-state index contributed by atoms with van der Waals surface area (Å²) in [4.78, 5) is 12.3. The Hall–Kier alpha value is -2.77. The molecule has 3 rings (SSSR count). The van der Waals surface area contributed by atoms with Gasteiger partial charge < -0.3 is 23.8 Å². The molecule has 1 N–H and O–H groups in total. The van der Waals surface area contributed by atoms with E-state index >= 15 is 0 Å². The van der Waals surface area contributed by atoms with Crippen molar-refractivity contribution in [3.8, 4) is 11.1 Å². The molecule has 10 nitrogen and oxygen atoms in total. The molecule has 0 saturated carbocycles. The number of thiophene rings is 1. The smallest absolute Gasteiger partial charge is 0.335 e. The highest BCUT2D eigenvalue weighted by atomic mass is 32.2. The lowest BCUT2D eigenvalue weighted by Crippen LogP contribution is -2.34. The highest BCUT2D eigenvalue weighted by Crippen LogP contribution is 2.40. The molecule has 2 heterocycles. The van der Waals surface area contributed by atoms with Gasteiger partial charge in [0, 0.05) is 29.7 Å². The van der Waals surface area contributed by atoms with Crippen LogP contribution in [0.1, 0.15) is 39.0 Å². The zero-order valence-corrected chi connectivity index (χ0v) is 22.5. The molecule has 2 aromatic heterocycles. The largest absolute Gasteiger partial charge is 0.478 e. The minimum absolute atomic E-state index is 0.0798. The van der Waals surface area contributed by atoms with Crippen molar-refractivity contribution in [1.29, 1.82) is 0 Å². The van der Waals surface area contributed by atoms with Gasteiger partial charge in [0.25, 0.3) is 10.0 Å². The molecule has 0 unspecified atom stereocenters. The molecule has 1 aromatic carbocycles. The van der Waals surface area contributed by atoms with Crippen LogP contribution in [0.5, 0.6) is 0 Å². The summed E-state index contributed by atoms with van der Waals surface area (Å²) in [7, 11) is -2.64. The predicted octanol–water partition coefficient (Wildman–Crippen LogP) is 4.38. The number of rotatable bonds is 13. The van der Waals surface area contributed by atoms with Crippen molar-refractivity contribution in [2.24, 2.45) is 0 Å².